The van der Waals surface area contributed by atoms with Crippen LogP contribution in [0.1, 0.15) is 30.4 Å². The molecule has 0 radical (unpaired) electrons. The van der Waals surface area contributed by atoms with E-state index in [1.807, 2.05) is 0 Å². The molecule has 0 amide bonds. The van der Waals surface area contributed by atoms with Gasteiger partial charge in [0.2, 0.25) is 0 Å². The second-order valence-electron chi connectivity index (χ2n) is 6.85. The van der Waals surface area contributed by atoms with Gasteiger partial charge in [0, 0.05) is 29.8 Å². The maximum atomic E-state index is 4.88. The second kappa shape index (κ2) is 5.82. The SMILES string of the molecule is CC1CN=C2c3ccccc3N3CCC(c4ccccc4)C3N21.Cl. The van der Waals surface area contributed by atoms with Crippen molar-refractivity contribution in [3.8, 4) is 0 Å². The van der Waals surface area contributed by atoms with Crippen LogP contribution in [0, 0.1) is 0 Å². The van der Waals surface area contributed by atoms with Crippen LogP contribution < -0.4 is 4.90 Å². The van der Waals surface area contributed by atoms with Gasteiger partial charge in [0.15, 0.2) is 0 Å². The summed E-state index contributed by atoms with van der Waals surface area (Å²) in [6.07, 6.45) is 1.61. The smallest absolute Gasteiger partial charge is 0.135 e. The van der Waals surface area contributed by atoms with E-state index in [4.69, 9.17) is 4.99 Å². The number of benzene rings is 2. The van der Waals surface area contributed by atoms with Crippen molar-refractivity contribution in [2.45, 2.75) is 31.5 Å². The number of halogens is 1. The first-order valence-electron chi connectivity index (χ1n) is 8.58. The van der Waals surface area contributed by atoms with Crippen LogP contribution in [0.5, 0.6) is 0 Å². The van der Waals surface area contributed by atoms with Gasteiger partial charge >= 0.3 is 0 Å². The Bertz CT molecular complexity index is 773. The number of nitrogens with zero attached hydrogens (tertiary/aromatic N) is 3. The van der Waals surface area contributed by atoms with Crippen molar-refractivity contribution in [2.75, 3.05) is 18.0 Å². The van der Waals surface area contributed by atoms with E-state index in [0.29, 0.717) is 18.1 Å². The molecule has 24 heavy (non-hydrogen) atoms. The van der Waals surface area contributed by atoms with Gasteiger partial charge in [0.05, 0.1) is 6.54 Å². The number of aliphatic imine (C=N–C) groups is 1. The molecular weight excluding hydrogens is 318 g/mol. The molecule has 0 N–H and O–H groups in total. The van der Waals surface area contributed by atoms with Crippen LogP contribution in [0.2, 0.25) is 0 Å². The van der Waals surface area contributed by atoms with Crippen LogP contribution in [-0.2, 0) is 0 Å². The Labute approximate surface area is 149 Å². The van der Waals surface area contributed by atoms with Gasteiger partial charge in [-0.3, -0.25) is 4.99 Å². The van der Waals surface area contributed by atoms with Crippen molar-refractivity contribution >= 4 is 23.9 Å². The molecule has 2 aromatic carbocycles. The first-order valence-corrected chi connectivity index (χ1v) is 8.58. The van der Waals surface area contributed by atoms with Crippen molar-refractivity contribution in [2.24, 2.45) is 4.99 Å². The summed E-state index contributed by atoms with van der Waals surface area (Å²) < 4.78 is 0. The molecule has 5 rings (SSSR count). The minimum Gasteiger partial charge on any atom is -0.350 e. The lowest BCUT2D eigenvalue weighted by molar-refractivity contribution is 0.253. The highest BCUT2D eigenvalue weighted by Gasteiger charge is 2.47. The topological polar surface area (TPSA) is 18.8 Å². The predicted octanol–water partition coefficient (Wildman–Crippen LogP) is 3.89. The molecule has 3 heterocycles. The number of fused-ring (bicyclic) bond motifs is 6. The third kappa shape index (κ3) is 2.07. The fraction of sp³-hybridized carbons (Fsp3) is 0.350. The van der Waals surface area contributed by atoms with Crippen molar-refractivity contribution in [1.82, 2.24) is 4.90 Å². The van der Waals surface area contributed by atoms with Gasteiger partial charge in [0.1, 0.15) is 12.0 Å². The summed E-state index contributed by atoms with van der Waals surface area (Å²) in [5.74, 6) is 1.76. The molecule has 0 aromatic heterocycles. The fourth-order valence-electron chi connectivity index (χ4n) is 4.54. The van der Waals surface area contributed by atoms with Gasteiger partial charge in [-0.05, 0) is 31.0 Å². The van der Waals surface area contributed by atoms with E-state index in [1.54, 1.807) is 0 Å². The minimum absolute atomic E-state index is 0. The lowest BCUT2D eigenvalue weighted by Gasteiger charge is -2.45. The molecule has 0 aliphatic carbocycles. The molecule has 3 unspecified atom stereocenters. The van der Waals surface area contributed by atoms with E-state index in [1.165, 1.54) is 29.1 Å². The molecule has 1 saturated heterocycles. The highest BCUT2D eigenvalue weighted by atomic mass is 35.5. The lowest BCUT2D eigenvalue weighted by Crippen LogP contribution is -2.55. The Morgan fingerprint density at radius 2 is 1.75 bits per heavy atom. The molecule has 1 fully saturated rings. The number of rotatable bonds is 1. The van der Waals surface area contributed by atoms with Crippen LogP contribution in [0.25, 0.3) is 0 Å². The van der Waals surface area contributed by atoms with Crippen LogP contribution in [-0.4, -0.2) is 36.0 Å². The molecule has 0 saturated carbocycles. The van der Waals surface area contributed by atoms with Gasteiger partial charge in [-0.25, -0.2) is 0 Å². The first-order chi connectivity index (χ1) is 11.3. The number of hydrogen-bond donors (Lipinski definition) is 0. The van der Waals surface area contributed by atoms with Crippen molar-refractivity contribution in [1.29, 1.82) is 0 Å². The molecule has 4 heteroatoms. The minimum atomic E-state index is 0. The van der Waals surface area contributed by atoms with E-state index >= 15 is 0 Å². The first kappa shape index (κ1) is 15.5. The van der Waals surface area contributed by atoms with E-state index in [0.717, 1.165) is 13.1 Å². The van der Waals surface area contributed by atoms with Gasteiger partial charge in [-0.2, -0.15) is 0 Å². The number of hydrogen-bond acceptors (Lipinski definition) is 3. The third-order valence-corrected chi connectivity index (χ3v) is 5.55. The Morgan fingerprint density at radius 3 is 2.58 bits per heavy atom. The largest absolute Gasteiger partial charge is 0.350 e. The number of para-hydroxylation sites is 1. The van der Waals surface area contributed by atoms with Gasteiger partial charge in [-0.1, -0.05) is 42.5 Å². The Balaban J connectivity index is 0.00000146. The summed E-state index contributed by atoms with van der Waals surface area (Å²) in [7, 11) is 0. The number of anilines is 1. The van der Waals surface area contributed by atoms with Crippen molar-refractivity contribution in [3.05, 3.63) is 65.7 Å². The quantitative estimate of drug-likeness (QED) is 0.785. The molecule has 2 aromatic rings. The summed E-state index contributed by atoms with van der Waals surface area (Å²) in [5.41, 5.74) is 4.12. The lowest BCUT2D eigenvalue weighted by atomic mass is 9.92. The Morgan fingerprint density at radius 1 is 1.00 bits per heavy atom. The Hall–Kier alpha value is -2.00. The highest BCUT2D eigenvalue weighted by molar-refractivity contribution is 6.07. The maximum Gasteiger partial charge on any atom is 0.135 e. The van der Waals surface area contributed by atoms with Crippen molar-refractivity contribution < 1.29 is 0 Å². The van der Waals surface area contributed by atoms with Crippen LogP contribution in [0.3, 0.4) is 0 Å². The third-order valence-electron chi connectivity index (χ3n) is 5.55. The van der Waals surface area contributed by atoms with Gasteiger partial charge in [-0.15, -0.1) is 12.4 Å². The second-order valence-corrected chi connectivity index (χ2v) is 6.85. The summed E-state index contributed by atoms with van der Waals surface area (Å²) in [6, 6.07) is 20.3. The molecule has 3 aliphatic heterocycles. The summed E-state index contributed by atoms with van der Waals surface area (Å²) in [4.78, 5) is 10.1. The van der Waals surface area contributed by atoms with E-state index in [9.17, 15) is 0 Å². The zero-order valence-corrected chi connectivity index (χ0v) is 14.6. The predicted molar refractivity (Wildman–Crippen MR) is 101 cm³/mol. The van der Waals surface area contributed by atoms with Crippen LogP contribution in [0.15, 0.2) is 59.6 Å². The molecule has 124 valence electrons. The Kier molecular flexibility index (Phi) is 3.76. The summed E-state index contributed by atoms with van der Waals surface area (Å²) in [5, 5.41) is 0. The molecule has 3 aliphatic rings. The molecular formula is C20H22ClN3. The fourth-order valence-corrected chi connectivity index (χ4v) is 4.54. The van der Waals surface area contributed by atoms with Crippen molar-refractivity contribution in [3.63, 3.8) is 0 Å². The highest BCUT2D eigenvalue weighted by Crippen LogP contribution is 2.45. The zero-order valence-electron chi connectivity index (χ0n) is 13.8. The van der Waals surface area contributed by atoms with Gasteiger partial charge < -0.3 is 9.80 Å². The molecule has 0 bridgehead atoms. The average molecular weight is 340 g/mol. The maximum absolute atomic E-state index is 4.88. The van der Waals surface area contributed by atoms with E-state index < -0.39 is 0 Å². The molecule has 3 atom stereocenters. The van der Waals surface area contributed by atoms with Gasteiger partial charge in [0.25, 0.3) is 0 Å². The van der Waals surface area contributed by atoms with E-state index in [2.05, 4.69) is 71.3 Å². The molecule has 3 nitrogen and oxygen atoms in total. The normalized spacial score (nSPS) is 27.0. The average Bonchev–Trinajstić information content (AvgIpc) is 3.20. The summed E-state index contributed by atoms with van der Waals surface area (Å²) >= 11 is 0. The zero-order chi connectivity index (χ0) is 15.4. The van der Waals surface area contributed by atoms with E-state index in [-0.39, 0.29) is 12.4 Å². The monoisotopic (exact) mass is 339 g/mol. The standard InChI is InChI=1S/C20H21N3.ClH/c1-14-13-21-19-17-9-5-6-10-18(17)22-12-11-16(20(22)23(14)19)15-7-3-2-4-8-15;/h2-10,14,16,20H,11-13H2,1H3;1H. The number of amidine groups is 1. The summed E-state index contributed by atoms with van der Waals surface area (Å²) in [6.45, 7) is 4.34. The van der Waals surface area contributed by atoms with Crippen LogP contribution in [0.4, 0.5) is 5.69 Å². The molecule has 0 spiro atoms. The van der Waals surface area contributed by atoms with Crippen LogP contribution >= 0.6 is 12.4 Å².